The molecule has 0 bridgehead atoms. The van der Waals surface area contributed by atoms with E-state index in [0.29, 0.717) is 15.6 Å². The van der Waals surface area contributed by atoms with Gasteiger partial charge < -0.3 is 10.1 Å². The topological polar surface area (TPSA) is 55.4 Å². The minimum atomic E-state index is -0.532. The maximum Gasteiger partial charge on any atom is 0.348 e. The van der Waals surface area contributed by atoms with Crippen molar-refractivity contribution in [3.05, 3.63) is 49.6 Å². The Morgan fingerprint density at radius 3 is 2.71 bits per heavy atom. The van der Waals surface area contributed by atoms with Gasteiger partial charge in [0.25, 0.3) is 5.91 Å². The van der Waals surface area contributed by atoms with E-state index in [9.17, 15) is 9.59 Å². The maximum atomic E-state index is 11.7. The summed E-state index contributed by atoms with van der Waals surface area (Å²) in [5.41, 5.74) is 1.48. The van der Waals surface area contributed by atoms with Crippen LogP contribution in [0.25, 0.3) is 0 Å². The van der Waals surface area contributed by atoms with Crippen molar-refractivity contribution in [3.8, 4) is 0 Å². The van der Waals surface area contributed by atoms with Crippen LogP contribution in [0.1, 0.15) is 15.2 Å². The highest BCUT2D eigenvalue weighted by Crippen LogP contribution is 2.23. The maximum absolute atomic E-state index is 11.7. The molecule has 0 atom stereocenters. The molecule has 21 heavy (non-hydrogen) atoms. The molecule has 0 unspecified atom stereocenters. The molecule has 4 nitrogen and oxygen atoms in total. The highest BCUT2D eigenvalue weighted by atomic mass is 79.9. The average molecular weight is 389 g/mol. The first kappa shape index (κ1) is 16.0. The highest BCUT2D eigenvalue weighted by molar-refractivity contribution is 9.11. The molecule has 1 N–H and O–H groups in total. The van der Waals surface area contributed by atoms with Gasteiger partial charge in [-0.2, -0.15) is 0 Å². The zero-order valence-electron chi connectivity index (χ0n) is 11.0. The van der Waals surface area contributed by atoms with Crippen LogP contribution in [-0.2, 0) is 9.53 Å². The van der Waals surface area contributed by atoms with Gasteiger partial charge in [0.05, 0.1) is 14.5 Å². The molecular weight excluding hydrogens is 378 g/mol. The van der Waals surface area contributed by atoms with Crippen molar-refractivity contribution in [1.82, 2.24) is 0 Å². The van der Waals surface area contributed by atoms with Crippen LogP contribution in [0.15, 0.2) is 34.1 Å². The van der Waals surface area contributed by atoms with E-state index in [1.54, 1.807) is 24.3 Å². The monoisotopic (exact) mass is 387 g/mol. The summed E-state index contributed by atoms with van der Waals surface area (Å²) in [6.07, 6.45) is 0. The number of anilines is 1. The molecule has 0 aliphatic heterocycles. The normalized spacial score (nSPS) is 10.2. The lowest BCUT2D eigenvalue weighted by molar-refractivity contribution is -0.119. The summed E-state index contributed by atoms with van der Waals surface area (Å²) >= 11 is 10.5. The quantitative estimate of drug-likeness (QED) is 0.796. The summed E-state index contributed by atoms with van der Waals surface area (Å²) in [5.74, 6) is -0.972. The Labute approximate surface area is 139 Å². The summed E-state index contributed by atoms with van der Waals surface area (Å²) in [5, 5.41) is 3.04. The second-order valence-corrected chi connectivity index (χ2v) is 7.08. The van der Waals surface area contributed by atoms with E-state index in [0.717, 1.165) is 9.35 Å². The van der Waals surface area contributed by atoms with Gasteiger partial charge >= 0.3 is 5.97 Å². The number of carbonyl (C=O) groups excluding carboxylic acids is 2. The van der Waals surface area contributed by atoms with Crippen LogP contribution in [0, 0.1) is 6.92 Å². The number of aryl methyl sites for hydroxylation is 1. The van der Waals surface area contributed by atoms with E-state index < -0.39 is 11.9 Å². The number of nitrogens with one attached hydrogen (secondary N) is 1. The highest BCUT2D eigenvalue weighted by Gasteiger charge is 2.13. The number of rotatable bonds is 4. The number of amides is 1. The molecule has 7 heteroatoms. The molecule has 110 valence electrons. The van der Waals surface area contributed by atoms with Gasteiger partial charge in [-0.15, -0.1) is 11.3 Å². The van der Waals surface area contributed by atoms with Crippen LogP contribution in [0.3, 0.4) is 0 Å². The van der Waals surface area contributed by atoms with E-state index in [1.165, 1.54) is 11.3 Å². The fraction of sp³-hybridized carbons (Fsp3) is 0.143. The standard InChI is InChI=1S/C14H11BrClNO3S/c1-8-2-3-10(9(16)6-8)17-13(18)7-20-14(19)11-4-5-12(15)21-11/h2-6H,7H2,1H3,(H,17,18). The summed E-state index contributed by atoms with van der Waals surface area (Å²) < 4.78 is 5.76. The summed E-state index contributed by atoms with van der Waals surface area (Å²) in [6.45, 7) is 1.54. The Bertz CT molecular complexity index is 687. The SMILES string of the molecule is Cc1ccc(NC(=O)COC(=O)c2ccc(Br)s2)c(Cl)c1. The van der Waals surface area contributed by atoms with E-state index in [1.807, 2.05) is 13.0 Å². The number of carbonyl (C=O) groups is 2. The first-order chi connectivity index (χ1) is 9.95. The van der Waals surface area contributed by atoms with Crippen molar-refractivity contribution >= 4 is 56.4 Å². The number of esters is 1. The van der Waals surface area contributed by atoms with Gasteiger partial charge in [0.2, 0.25) is 0 Å². The summed E-state index contributed by atoms with van der Waals surface area (Å²) in [7, 11) is 0. The molecule has 1 aromatic carbocycles. The smallest absolute Gasteiger partial charge is 0.348 e. The number of ether oxygens (including phenoxy) is 1. The molecule has 1 heterocycles. The minimum Gasteiger partial charge on any atom is -0.451 e. The molecule has 0 spiro atoms. The van der Waals surface area contributed by atoms with Crippen molar-refractivity contribution in [2.45, 2.75) is 6.92 Å². The molecule has 0 aliphatic carbocycles. The molecule has 0 radical (unpaired) electrons. The predicted octanol–water partition coefficient (Wildman–Crippen LogP) is 4.27. The Kier molecular flexibility index (Phi) is 5.39. The third-order valence-electron chi connectivity index (χ3n) is 2.51. The Morgan fingerprint density at radius 2 is 2.10 bits per heavy atom. The number of halogens is 2. The van der Waals surface area contributed by atoms with Crippen molar-refractivity contribution in [2.24, 2.45) is 0 Å². The lowest BCUT2D eigenvalue weighted by atomic mass is 10.2. The van der Waals surface area contributed by atoms with E-state index >= 15 is 0 Å². The van der Waals surface area contributed by atoms with Gasteiger partial charge in [0.1, 0.15) is 4.88 Å². The van der Waals surface area contributed by atoms with Crippen molar-refractivity contribution in [1.29, 1.82) is 0 Å². The minimum absolute atomic E-state index is 0.363. The van der Waals surface area contributed by atoms with Gasteiger partial charge in [-0.1, -0.05) is 17.7 Å². The summed E-state index contributed by atoms with van der Waals surface area (Å²) in [4.78, 5) is 23.9. The zero-order valence-corrected chi connectivity index (χ0v) is 14.1. The molecule has 0 saturated carbocycles. The van der Waals surface area contributed by atoms with Crippen LogP contribution in [0.2, 0.25) is 5.02 Å². The molecule has 1 aromatic heterocycles. The number of thiophene rings is 1. The van der Waals surface area contributed by atoms with Crippen LogP contribution in [0.4, 0.5) is 5.69 Å². The fourth-order valence-corrected chi connectivity index (χ4v) is 3.10. The third kappa shape index (κ3) is 4.56. The molecule has 2 aromatic rings. The summed E-state index contributed by atoms with van der Waals surface area (Å²) in [6, 6.07) is 8.65. The Balaban J connectivity index is 1.89. The average Bonchev–Trinajstić information content (AvgIpc) is 2.86. The number of benzene rings is 1. The van der Waals surface area contributed by atoms with Crippen LogP contribution < -0.4 is 5.32 Å². The van der Waals surface area contributed by atoms with Gasteiger partial charge in [-0.05, 0) is 52.7 Å². The molecule has 0 saturated heterocycles. The lowest BCUT2D eigenvalue weighted by Crippen LogP contribution is -2.20. The van der Waals surface area contributed by atoms with E-state index in [2.05, 4.69) is 21.2 Å². The van der Waals surface area contributed by atoms with Crippen LogP contribution in [-0.4, -0.2) is 18.5 Å². The third-order valence-corrected chi connectivity index (χ3v) is 4.42. The lowest BCUT2D eigenvalue weighted by Gasteiger charge is -2.08. The van der Waals surface area contributed by atoms with Crippen LogP contribution in [0.5, 0.6) is 0 Å². The zero-order chi connectivity index (χ0) is 15.4. The largest absolute Gasteiger partial charge is 0.451 e. The first-order valence-electron chi connectivity index (χ1n) is 5.94. The second-order valence-electron chi connectivity index (χ2n) is 4.21. The predicted molar refractivity (Wildman–Crippen MR) is 87.1 cm³/mol. The van der Waals surface area contributed by atoms with Crippen LogP contribution >= 0.6 is 38.9 Å². The van der Waals surface area contributed by atoms with Gasteiger partial charge in [0, 0.05) is 0 Å². The number of hydrogen-bond acceptors (Lipinski definition) is 4. The Hall–Kier alpha value is -1.37. The number of hydrogen-bond donors (Lipinski definition) is 1. The first-order valence-corrected chi connectivity index (χ1v) is 7.93. The molecule has 0 aliphatic rings. The van der Waals surface area contributed by atoms with Crippen molar-refractivity contribution in [2.75, 3.05) is 11.9 Å². The second kappa shape index (κ2) is 7.06. The molecule has 2 rings (SSSR count). The van der Waals surface area contributed by atoms with Crippen molar-refractivity contribution in [3.63, 3.8) is 0 Å². The Morgan fingerprint density at radius 1 is 1.33 bits per heavy atom. The van der Waals surface area contributed by atoms with Gasteiger partial charge in [-0.3, -0.25) is 4.79 Å². The van der Waals surface area contributed by atoms with Gasteiger partial charge in [-0.25, -0.2) is 4.79 Å². The van der Waals surface area contributed by atoms with Gasteiger partial charge in [0.15, 0.2) is 6.61 Å². The van der Waals surface area contributed by atoms with E-state index in [-0.39, 0.29) is 6.61 Å². The van der Waals surface area contributed by atoms with Crippen molar-refractivity contribution < 1.29 is 14.3 Å². The van der Waals surface area contributed by atoms with E-state index in [4.69, 9.17) is 16.3 Å². The molecular formula is C14H11BrClNO3S. The molecule has 0 fully saturated rings. The molecule has 1 amide bonds. The fourth-order valence-electron chi connectivity index (χ4n) is 1.53.